The Balaban J connectivity index is 1.48. The van der Waals surface area contributed by atoms with Gasteiger partial charge in [-0.2, -0.15) is 0 Å². The fourth-order valence-electron chi connectivity index (χ4n) is 3.75. The first kappa shape index (κ1) is 18.7. The third kappa shape index (κ3) is 4.97. The smallest absolute Gasteiger partial charge is 0.317 e. The van der Waals surface area contributed by atoms with Crippen LogP contribution in [0.3, 0.4) is 0 Å². The van der Waals surface area contributed by atoms with Gasteiger partial charge in [0.1, 0.15) is 0 Å². The van der Waals surface area contributed by atoms with E-state index in [1.165, 1.54) is 18.4 Å². The molecule has 2 aliphatic rings. The van der Waals surface area contributed by atoms with E-state index in [0.29, 0.717) is 26.1 Å². The molecule has 6 nitrogen and oxygen atoms in total. The molecule has 0 radical (unpaired) electrons. The number of hydrogen-bond acceptors (Lipinski definition) is 3. The summed E-state index contributed by atoms with van der Waals surface area (Å²) < 4.78 is 0. The van der Waals surface area contributed by atoms with Crippen molar-refractivity contribution in [3.05, 3.63) is 35.4 Å². The molecule has 2 N–H and O–H groups in total. The summed E-state index contributed by atoms with van der Waals surface area (Å²) in [6.45, 7) is 6.87. The Morgan fingerprint density at radius 2 is 1.88 bits per heavy atom. The highest BCUT2D eigenvalue weighted by Crippen LogP contribution is 2.19. The number of amides is 2. The van der Waals surface area contributed by atoms with Crippen molar-refractivity contribution in [1.29, 1.82) is 0 Å². The highest BCUT2D eigenvalue weighted by atomic mass is 16.4. The number of carbonyl (C=O) groups is 2. The van der Waals surface area contributed by atoms with Crippen LogP contribution in [0.1, 0.15) is 37.3 Å². The van der Waals surface area contributed by atoms with Crippen LogP contribution < -0.4 is 5.32 Å². The van der Waals surface area contributed by atoms with Crippen molar-refractivity contribution in [2.75, 3.05) is 26.2 Å². The van der Waals surface area contributed by atoms with Crippen LogP contribution in [0.2, 0.25) is 0 Å². The molecule has 2 heterocycles. The number of urea groups is 1. The zero-order chi connectivity index (χ0) is 18.5. The summed E-state index contributed by atoms with van der Waals surface area (Å²) in [5.41, 5.74) is 2.36. The van der Waals surface area contributed by atoms with Gasteiger partial charge >= 0.3 is 12.0 Å². The molecule has 6 heteroatoms. The van der Waals surface area contributed by atoms with Crippen LogP contribution in [0.4, 0.5) is 4.79 Å². The number of likely N-dealkylation sites (tertiary alicyclic amines) is 2. The van der Waals surface area contributed by atoms with Crippen molar-refractivity contribution in [2.45, 2.75) is 39.3 Å². The van der Waals surface area contributed by atoms with Gasteiger partial charge in [0, 0.05) is 26.2 Å². The molecule has 26 heavy (non-hydrogen) atoms. The maximum atomic E-state index is 12.2. The zero-order valence-corrected chi connectivity index (χ0v) is 15.5. The molecule has 0 saturated carbocycles. The first-order valence-corrected chi connectivity index (χ1v) is 9.57. The van der Waals surface area contributed by atoms with Crippen LogP contribution in [0, 0.1) is 11.8 Å². The lowest BCUT2D eigenvalue weighted by Gasteiger charge is -2.30. The third-order valence-corrected chi connectivity index (χ3v) is 5.54. The Labute approximate surface area is 155 Å². The molecular formula is C20H29N3O3. The Kier molecular flexibility index (Phi) is 6.14. The molecule has 0 aromatic heterocycles. The lowest BCUT2D eigenvalue weighted by molar-refractivity contribution is -0.141. The summed E-state index contributed by atoms with van der Waals surface area (Å²) in [6, 6.07) is 8.18. The molecule has 2 saturated heterocycles. The van der Waals surface area contributed by atoms with E-state index in [-0.39, 0.29) is 6.03 Å². The van der Waals surface area contributed by atoms with Crippen LogP contribution >= 0.6 is 0 Å². The normalized spacial score (nSPS) is 21.7. The minimum absolute atomic E-state index is 0.177. The predicted molar refractivity (Wildman–Crippen MR) is 99.7 cm³/mol. The molecule has 2 fully saturated rings. The number of aliphatic carboxylic acids is 1. The second kappa shape index (κ2) is 8.54. The van der Waals surface area contributed by atoms with E-state index in [4.69, 9.17) is 5.11 Å². The summed E-state index contributed by atoms with van der Waals surface area (Å²) in [5.74, 6) is -0.421. The Hall–Kier alpha value is -2.08. The van der Waals surface area contributed by atoms with Gasteiger partial charge in [-0.1, -0.05) is 31.2 Å². The topological polar surface area (TPSA) is 72.9 Å². The molecule has 1 atom stereocenters. The van der Waals surface area contributed by atoms with Crippen LogP contribution in [0.15, 0.2) is 24.3 Å². The molecule has 0 spiro atoms. The second-order valence-corrected chi connectivity index (χ2v) is 7.71. The molecule has 1 unspecified atom stereocenters. The van der Waals surface area contributed by atoms with Crippen LogP contribution in [-0.4, -0.2) is 53.1 Å². The summed E-state index contributed by atoms with van der Waals surface area (Å²) in [4.78, 5) is 27.3. The molecule has 0 aliphatic carbocycles. The van der Waals surface area contributed by atoms with Gasteiger partial charge in [0.25, 0.3) is 0 Å². The molecule has 1 aromatic carbocycles. The monoisotopic (exact) mass is 359 g/mol. The highest BCUT2D eigenvalue weighted by molar-refractivity contribution is 5.77. The minimum Gasteiger partial charge on any atom is -0.481 e. The lowest BCUT2D eigenvalue weighted by Crippen LogP contribution is -2.38. The van der Waals surface area contributed by atoms with E-state index in [1.54, 1.807) is 4.90 Å². The fraction of sp³-hybridized carbons (Fsp3) is 0.600. The number of carbonyl (C=O) groups excluding carboxylic acids is 1. The average molecular weight is 359 g/mol. The predicted octanol–water partition coefficient (Wildman–Crippen LogP) is 2.53. The largest absolute Gasteiger partial charge is 0.481 e. The Morgan fingerprint density at radius 1 is 1.15 bits per heavy atom. The lowest BCUT2D eigenvalue weighted by atomic mass is 9.98. The highest BCUT2D eigenvalue weighted by Gasteiger charge is 2.30. The van der Waals surface area contributed by atoms with Gasteiger partial charge in [-0.15, -0.1) is 0 Å². The number of carboxylic acids is 1. The zero-order valence-electron chi connectivity index (χ0n) is 15.5. The summed E-state index contributed by atoms with van der Waals surface area (Å²) in [7, 11) is 0. The number of piperidine rings is 1. The van der Waals surface area contributed by atoms with E-state index < -0.39 is 11.9 Å². The van der Waals surface area contributed by atoms with Crippen LogP contribution in [0.25, 0.3) is 0 Å². The molecular weight excluding hydrogens is 330 g/mol. The number of nitrogens with zero attached hydrogens (tertiary/aromatic N) is 2. The number of hydrogen-bond donors (Lipinski definition) is 2. The first-order chi connectivity index (χ1) is 12.5. The fourth-order valence-corrected chi connectivity index (χ4v) is 3.75. The van der Waals surface area contributed by atoms with Crippen molar-refractivity contribution in [1.82, 2.24) is 15.1 Å². The SMILES string of the molecule is CC1CCN(Cc2cccc(CNC(=O)N3CCC(C(=O)O)C3)c2)CC1. The van der Waals surface area contributed by atoms with Gasteiger partial charge in [0.05, 0.1) is 5.92 Å². The van der Waals surface area contributed by atoms with Crippen molar-refractivity contribution < 1.29 is 14.7 Å². The van der Waals surface area contributed by atoms with Crippen molar-refractivity contribution in [3.8, 4) is 0 Å². The maximum Gasteiger partial charge on any atom is 0.317 e. The molecule has 2 aliphatic heterocycles. The number of nitrogens with one attached hydrogen (secondary N) is 1. The van der Waals surface area contributed by atoms with Gasteiger partial charge in [-0.05, 0) is 49.4 Å². The summed E-state index contributed by atoms with van der Waals surface area (Å²) >= 11 is 0. The maximum absolute atomic E-state index is 12.2. The number of rotatable bonds is 5. The van der Waals surface area contributed by atoms with E-state index >= 15 is 0 Å². The minimum atomic E-state index is -0.819. The Morgan fingerprint density at radius 3 is 2.58 bits per heavy atom. The molecule has 1 aromatic rings. The second-order valence-electron chi connectivity index (χ2n) is 7.71. The Bertz CT molecular complexity index is 641. The van der Waals surface area contributed by atoms with Gasteiger partial charge in [0.2, 0.25) is 0 Å². The van der Waals surface area contributed by atoms with Gasteiger partial charge in [-0.3, -0.25) is 9.69 Å². The molecule has 0 bridgehead atoms. The van der Waals surface area contributed by atoms with E-state index in [2.05, 4.69) is 29.3 Å². The van der Waals surface area contributed by atoms with Crippen molar-refractivity contribution >= 4 is 12.0 Å². The average Bonchev–Trinajstić information content (AvgIpc) is 3.13. The van der Waals surface area contributed by atoms with E-state index in [0.717, 1.165) is 31.1 Å². The number of carboxylic acid groups (broad SMARTS) is 1. The summed E-state index contributed by atoms with van der Waals surface area (Å²) in [6.07, 6.45) is 3.07. The summed E-state index contributed by atoms with van der Waals surface area (Å²) in [5, 5.41) is 12.0. The molecule has 142 valence electrons. The van der Waals surface area contributed by atoms with E-state index in [9.17, 15) is 9.59 Å². The molecule has 2 amide bonds. The van der Waals surface area contributed by atoms with Crippen LogP contribution in [0.5, 0.6) is 0 Å². The molecule has 3 rings (SSSR count). The number of benzene rings is 1. The van der Waals surface area contributed by atoms with Gasteiger partial charge in [-0.25, -0.2) is 4.79 Å². The van der Waals surface area contributed by atoms with Crippen molar-refractivity contribution in [2.24, 2.45) is 11.8 Å². The van der Waals surface area contributed by atoms with Crippen LogP contribution in [-0.2, 0) is 17.9 Å². The van der Waals surface area contributed by atoms with Gasteiger partial charge in [0.15, 0.2) is 0 Å². The third-order valence-electron chi connectivity index (χ3n) is 5.54. The van der Waals surface area contributed by atoms with E-state index in [1.807, 2.05) is 12.1 Å². The first-order valence-electron chi connectivity index (χ1n) is 9.57. The van der Waals surface area contributed by atoms with Crippen molar-refractivity contribution in [3.63, 3.8) is 0 Å². The van der Waals surface area contributed by atoms with Gasteiger partial charge < -0.3 is 15.3 Å². The quantitative estimate of drug-likeness (QED) is 0.847. The standard InChI is InChI=1S/C20H29N3O3/c1-15-5-8-22(9-6-15)13-17-4-2-3-16(11-17)12-21-20(26)23-10-7-18(14-23)19(24)25/h2-4,11,15,18H,5-10,12-14H2,1H3,(H,21,26)(H,24,25).